The van der Waals surface area contributed by atoms with Crippen molar-refractivity contribution in [3.05, 3.63) is 54.4 Å². The SMILES string of the molecule is CCC(O)c1nc2ccccc2n1CCCOc1ccccc1OC. The summed E-state index contributed by atoms with van der Waals surface area (Å²) in [5, 5.41) is 10.3. The third-order valence-electron chi connectivity index (χ3n) is 4.22. The number of para-hydroxylation sites is 4. The van der Waals surface area contributed by atoms with Gasteiger partial charge in [0.1, 0.15) is 11.9 Å². The van der Waals surface area contributed by atoms with Crippen LogP contribution < -0.4 is 9.47 Å². The van der Waals surface area contributed by atoms with E-state index in [1.54, 1.807) is 7.11 Å². The zero-order valence-corrected chi connectivity index (χ0v) is 14.7. The summed E-state index contributed by atoms with van der Waals surface area (Å²) in [4.78, 5) is 4.60. The fraction of sp³-hybridized carbons (Fsp3) is 0.350. The fourth-order valence-corrected chi connectivity index (χ4v) is 2.91. The largest absolute Gasteiger partial charge is 0.493 e. The Labute approximate surface area is 147 Å². The lowest BCUT2D eigenvalue weighted by Crippen LogP contribution is -2.11. The summed E-state index contributed by atoms with van der Waals surface area (Å²) in [7, 11) is 1.64. The van der Waals surface area contributed by atoms with E-state index in [1.165, 1.54) is 0 Å². The van der Waals surface area contributed by atoms with Crippen molar-refractivity contribution >= 4 is 11.0 Å². The number of aryl methyl sites for hydroxylation is 1. The van der Waals surface area contributed by atoms with E-state index in [0.29, 0.717) is 13.0 Å². The van der Waals surface area contributed by atoms with Gasteiger partial charge in [0.25, 0.3) is 0 Å². The summed E-state index contributed by atoms with van der Waals surface area (Å²) in [6.07, 6.45) is 0.894. The summed E-state index contributed by atoms with van der Waals surface area (Å²) >= 11 is 0. The maximum absolute atomic E-state index is 10.3. The number of aliphatic hydroxyl groups excluding tert-OH is 1. The van der Waals surface area contributed by atoms with Gasteiger partial charge in [-0.05, 0) is 37.1 Å². The van der Waals surface area contributed by atoms with Gasteiger partial charge in [-0.1, -0.05) is 31.2 Å². The van der Waals surface area contributed by atoms with Crippen molar-refractivity contribution in [2.45, 2.75) is 32.4 Å². The Hall–Kier alpha value is -2.53. The first kappa shape index (κ1) is 17.3. The van der Waals surface area contributed by atoms with Gasteiger partial charge in [0.2, 0.25) is 0 Å². The smallest absolute Gasteiger partial charge is 0.161 e. The molecule has 0 spiro atoms. The number of methoxy groups -OCH3 is 1. The molecule has 0 aliphatic carbocycles. The zero-order valence-electron chi connectivity index (χ0n) is 14.7. The number of aliphatic hydroxyl groups is 1. The number of hydrogen-bond acceptors (Lipinski definition) is 4. The molecule has 0 radical (unpaired) electrons. The van der Waals surface area contributed by atoms with Crippen molar-refractivity contribution in [2.75, 3.05) is 13.7 Å². The number of aromatic nitrogens is 2. The van der Waals surface area contributed by atoms with Crippen molar-refractivity contribution in [1.29, 1.82) is 0 Å². The zero-order chi connectivity index (χ0) is 17.6. The molecule has 0 saturated carbocycles. The molecule has 132 valence electrons. The molecule has 1 aromatic heterocycles. The highest BCUT2D eigenvalue weighted by molar-refractivity contribution is 5.76. The number of hydrogen-bond donors (Lipinski definition) is 1. The van der Waals surface area contributed by atoms with Gasteiger partial charge in [-0.3, -0.25) is 0 Å². The van der Waals surface area contributed by atoms with Crippen LogP contribution in [0.15, 0.2) is 48.5 Å². The van der Waals surface area contributed by atoms with E-state index in [2.05, 4.69) is 9.55 Å². The van der Waals surface area contributed by atoms with Crippen LogP contribution in [-0.2, 0) is 6.54 Å². The van der Waals surface area contributed by atoms with Crippen LogP contribution in [0.3, 0.4) is 0 Å². The molecule has 1 heterocycles. The summed E-state index contributed by atoms with van der Waals surface area (Å²) in [6, 6.07) is 15.6. The average Bonchev–Trinajstić information content (AvgIpc) is 3.03. The monoisotopic (exact) mass is 340 g/mol. The third kappa shape index (κ3) is 3.77. The van der Waals surface area contributed by atoms with Gasteiger partial charge in [-0.25, -0.2) is 4.98 Å². The Balaban J connectivity index is 1.70. The van der Waals surface area contributed by atoms with Crippen molar-refractivity contribution in [2.24, 2.45) is 0 Å². The van der Waals surface area contributed by atoms with Crippen LogP contribution in [0.2, 0.25) is 0 Å². The lowest BCUT2D eigenvalue weighted by Gasteiger charge is -2.14. The summed E-state index contributed by atoms with van der Waals surface area (Å²) in [5.74, 6) is 2.20. The number of rotatable bonds is 8. The minimum atomic E-state index is -0.553. The molecular weight excluding hydrogens is 316 g/mol. The van der Waals surface area contributed by atoms with E-state index >= 15 is 0 Å². The lowest BCUT2D eigenvalue weighted by atomic mass is 10.2. The molecule has 1 unspecified atom stereocenters. The molecule has 1 atom stereocenters. The second kappa shape index (κ2) is 8.03. The highest BCUT2D eigenvalue weighted by atomic mass is 16.5. The van der Waals surface area contributed by atoms with Crippen LogP contribution in [0.25, 0.3) is 11.0 Å². The minimum absolute atomic E-state index is 0.553. The summed E-state index contributed by atoms with van der Waals surface area (Å²) in [6.45, 7) is 3.26. The van der Waals surface area contributed by atoms with Crippen LogP contribution in [0.1, 0.15) is 31.7 Å². The lowest BCUT2D eigenvalue weighted by molar-refractivity contribution is 0.158. The Kier molecular flexibility index (Phi) is 5.56. The van der Waals surface area contributed by atoms with Gasteiger partial charge in [0.05, 0.1) is 24.8 Å². The van der Waals surface area contributed by atoms with Crippen molar-refractivity contribution in [3.8, 4) is 11.5 Å². The topological polar surface area (TPSA) is 56.5 Å². The average molecular weight is 340 g/mol. The molecule has 0 fully saturated rings. The normalized spacial score (nSPS) is 12.3. The molecule has 3 aromatic rings. The Morgan fingerprint density at radius 3 is 2.56 bits per heavy atom. The highest BCUT2D eigenvalue weighted by Crippen LogP contribution is 2.26. The number of nitrogens with zero attached hydrogens (tertiary/aromatic N) is 2. The number of benzene rings is 2. The summed E-state index contributed by atoms with van der Waals surface area (Å²) < 4.78 is 13.2. The first-order valence-corrected chi connectivity index (χ1v) is 8.63. The molecule has 5 heteroatoms. The van der Waals surface area contributed by atoms with Crippen LogP contribution in [0.5, 0.6) is 11.5 Å². The van der Waals surface area contributed by atoms with Crippen LogP contribution in [0, 0.1) is 0 Å². The second-order valence-electron chi connectivity index (χ2n) is 5.89. The standard InChI is InChI=1S/C20H24N2O3/c1-3-17(23)20-21-15-9-4-5-10-16(15)22(20)13-8-14-25-19-12-7-6-11-18(19)24-2/h4-7,9-12,17,23H,3,8,13-14H2,1-2H3. The summed E-state index contributed by atoms with van der Waals surface area (Å²) in [5.41, 5.74) is 1.96. The molecule has 0 aliphatic rings. The van der Waals surface area contributed by atoms with Crippen LogP contribution >= 0.6 is 0 Å². The number of ether oxygens (including phenoxy) is 2. The third-order valence-corrected chi connectivity index (χ3v) is 4.22. The van der Waals surface area contributed by atoms with Gasteiger partial charge in [0.15, 0.2) is 11.5 Å². The van der Waals surface area contributed by atoms with Gasteiger partial charge >= 0.3 is 0 Å². The van der Waals surface area contributed by atoms with Crippen molar-refractivity contribution < 1.29 is 14.6 Å². The maximum Gasteiger partial charge on any atom is 0.161 e. The molecule has 2 aromatic carbocycles. The number of fused-ring (bicyclic) bond motifs is 1. The number of imidazole rings is 1. The van der Waals surface area contributed by atoms with Crippen LogP contribution in [-0.4, -0.2) is 28.4 Å². The Morgan fingerprint density at radius 2 is 1.80 bits per heavy atom. The molecule has 0 saturated heterocycles. The molecule has 0 amide bonds. The Morgan fingerprint density at radius 1 is 1.08 bits per heavy atom. The van der Waals surface area contributed by atoms with E-state index < -0.39 is 6.10 Å². The first-order chi connectivity index (χ1) is 12.2. The Bertz CT molecular complexity index is 829. The van der Waals surface area contributed by atoms with E-state index in [-0.39, 0.29) is 0 Å². The van der Waals surface area contributed by atoms with E-state index in [4.69, 9.17) is 9.47 Å². The molecule has 1 N–H and O–H groups in total. The molecular formula is C20H24N2O3. The molecule has 0 aliphatic heterocycles. The molecule has 25 heavy (non-hydrogen) atoms. The molecule has 0 bridgehead atoms. The predicted molar refractivity (Wildman–Crippen MR) is 98.1 cm³/mol. The van der Waals surface area contributed by atoms with Gasteiger partial charge in [-0.15, -0.1) is 0 Å². The van der Waals surface area contributed by atoms with Gasteiger partial charge in [-0.2, -0.15) is 0 Å². The maximum atomic E-state index is 10.3. The van der Waals surface area contributed by atoms with E-state index in [1.807, 2.05) is 55.5 Å². The predicted octanol–water partition coefficient (Wildman–Crippen LogP) is 3.96. The second-order valence-corrected chi connectivity index (χ2v) is 5.89. The fourth-order valence-electron chi connectivity index (χ4n) is 2.91. The van der Waals surface area contributed by atoms with Crippen molar-refractivity contribution in [3.63, 3.8) is 0 Å². The molecule has 5 nitrogen and oxygen atoms in total. The van der Waals surface area contributed by atoms with Crippen molar-refractivity contribution in [1.82, 2.24) is 9.55 Å². The minimum Gasteiger partial charge on any atom is -0.493 e. The van der Waals surface area contributed by atoms with Crippen LogP contribution in [0.4, 0.5) is 0 Å². The first-order valence-electron chi connectivity index (χ1n) is 8.63. The van der Waals surface area contributed by atoms with E-state index in [0.717, 1.165) is 41.3 Å². The van der Waals surface area contributed by atoms with Gasteiger partial charge in [0, 0.05) is 6.54 Å². The van der Waals surface area contributed by atoms with Gasteiger partial charge < -0.3 is 19.1 Å². The molecule has 3 rings (SSSR count). The van der Waals surface area contributed by atoms with E-state index in [9.17, 15) is 5.11 Å². The highest BCUT2D eigenvalue weighted by Gasteiger charge is 2.16. The quantitative estimate of drug-likeness (QED) is 0.631.